The molecular formula is C15H21N3O2. The van der Waals surface area contributed by atoms with Crippen molar-refractivity contribution in [3.63, 3.8) is 0 Å². The van der Waals surface area contributed by atoms with Gasteiger partial charge in [0.1, 0.15) is 0 Å². The van der Waals surface area contributed by atoms with Gasteiger partial charge in [0.15, 0.2) is 5.82 Å². The molecule has 1 heterocycles. The second-order valence-electron chi connectivity index (χ2n) is 5.83. The molecule has 5 nitrogen and oxygen atoms in total. The Morgan fingerprint density at radius 1 is 1.60 bits per heavy atom. The molecule has 1 aliphatic rings. The number of carbonyl (C=O) groups is 1. The maximum atomic E-state index is 11.5. The van der Waals surface area contributed by atoms with Crippen LogP contribution < -0.4 is 4.90 Å². The molecule has 0 spiro atoms. The van der Waals surface area contributed by atoms with Gasteiger partial charge in [0.05, 0.1) is 0 Å². The lowest BCUT2D eigenvalue weighted by Crippen LogP contribution is -2.41. The highest BCUT2D eigenvalue weighted by molar-refractivity contribution is 5.84. The number of carboxylic acid groups (broad SMARTS) is 1. The molecule has 20 heavy (non-hydrogen) atoms. The maximum Gasteiger partial charge on any atom is 0.413 e. The number of nitrogens with zero attached hydrogens (tertiary/aromatic N) is 3. The van der Waals surface area contributed by atoms with E-state index in [4.69, 9.17) is 0 Å². The molecule has 0 aromatic carbocycles. The first kappa shape index (κ1) is 14.5. The van der Waals surface area contributed by atoms with Crippen molar-refractivity contribution in [1.29, 1.82) is 0 Å². The number of amides is 1. The third kappa shape index (κ3) is 3.35. The molecule has 0 radical (unpaired) electrons. The summed E-state index contributed by atoms with van der Waals surface area (Å²) in [6, 6.07) is 3.38. The number of aromatic nitrogens is 2. The second kappa shape index (κ2) is 6.03. The zero-order valence-corrected chi connectivity index (χ0v) is 11.8. The van der Waals surface area contributed by atoms with Gasteiger partial charge in [-0.25, -0.2) is 4.79 Å². The molecule has 0 saturated heterocycles. The third-order valence-corrected chi connectivity index (χ3v) is 4.18. The standard InChI is InChI=1S/C15H21N3O2/c1-3-12-6-8-15(2,9-7-12)11-18(14(19)20)13-5-4-10-16-17-13/h3-5,10,12H,1,6-9,11H2,2H3,(H,19,20). The molecular weight excluding hydrogens is 254 g/mol. The van der Waals surface area contributed by atoms with E-state index in [0.717, 1.165) is 25.7 Å². The lowest BCUT2D eigenvalue weighted by atomic mass is 9.71. The van der Waals surface area contributed by atoms with Crippen LogP contribution >= 0.6 is 0 Å². The summed E-state index contributed by atoms with van der Waals surface area (Å²) in [5, 5.41) is 17.1. The predicted molar refractivity (Wildman–Crippen MR) is 77.7 cm³/mol. The first-order valence-corrected chi connectivity index (χ1v) is 6.95. The van der Waals surface area contributed by atoms with Crippen molar-refractivity contribution in [2.45, 2.75) is 32.6 Å². The Morgan fingerprint density at radius 3 is 2.80 bits per heavy atom. The van der Waals surface area contributed by atoms with Crippen LogP contribution in [0.4, 0.5) is 10.6 Å². The third-order valence-electron chi connectivity index (χ3n) is 4.18. The van der Waals surface area contributed by atoms with Crippen LogP contribution in [0.3, 0.4) is 0 Å². The largest absolute Gasteiger partial charge is 0.465 e. The van der Waals surface area contributed by atoms with Crippen molar-refractivity contribution in [1.82, 2.24) is 10.2 Å². The highest BCUT2D eigenvalue weighted by Gasteiger charge is 2.34. The van der Waals surface area contributed by atoms with Crippen LogP contribution in [0.15, 0.2) is 31.0 Å². The van der Waals surface area contributed by atoms with Gasteiger partial charge >= 0.3 is 6.09 Å². The van der Waals surface area contributed by atoms with Gasteiger partial charge in [-0.05, 0) is 49.1 Å². The molecule has 0 unspecified atom stereocenters. The zero-order valence-electron chi connectivity index (χ0n) is 11.8. The molecule has 1 aliphatic carbocycles. The Bertz CT molecular complexity index is 467. The molecule has 1 aromatic heterocycles. The Balaban J connectivity index is 2.09. The molecule has 0 aliphatic heterocycles. The molecule has 1 N–H and O–H groups in total. The van der Waals surface area contributed by atoms with Crippen LogP contribution in [0.25, 0.3) is 0 Å². The fraction of sp³-hybridized carbons (Fsp3) is 0.533. The fourth-order valence-corrected chi connectivity index (χ4v) is 2.80. The van der Waals surface area contributed by atoms with Crippen LogP contribution in [-0.2, 0) is 0 Å². The van der Waals surface area contributed by atoms with E-state index in [0.29, 0.717) is 18.3 Å². The van der Waals surface area contributed by atoms with Gasteiger partial charge < -0.3 is 5.11 Å². The monoisotopic (exact) mass is 275 g/mol. The summed E-state index contributed by atoms with van der Waals surface area (Å²) in [6.45, 7) is 6.46. The van der Waals surface area contributed by atoms with Crippen molar-refractivity contribution in [2.24, 2.45) is 11.3 Å². The molecule has 1 fully saturated rings. The SMILES string of the molecule is C=CC1CCC(C)(CN(C(=O)O)c2cccnn2)CC1. The highest BCUT2D eigenvalue weighted by atomic mass is 16.4. The number of allylic oxidation sites excluding steroid dienone is 1. The van der Waals surface area contributed by atoms with Gasteiger partial charge in [-0.3, -0.25) is 4.90 Å². The normalized spacial score (nSPS) is 25.9. The van der Waals surface area contributed by atoms with Crippen LogP contribution in [0.5, 0.6) is 0 Å². The zero-order chi connectivity index (χ0) is 14.6. The molecule has 0 bridgehead atoms. The number of anilines is 1. The Kier molecular flexibility index (Phi) is 4.37. The predicted octanol–water partition coefficient (Wildman–Crippen LogP) is 3.34. The van der Waals surface area contributed by atoms with E-state index >= 15 is 0 Å². The Hall–Kier alpha value is -1.91. The average Bonchev–Trinajstić information content (AvgIpc) is 2.46. The van der Waals surface area contributed by atoms with Crippen molar-refractivity contribution in [3.8, 4) is 0 Å². The van der Waals surface area contributed by atoms with Crippen molar-refractivity contribution < 1.29 is 9.90 Å². The van der Waals surface area contributed by atoms with Crippen LogP contribution in [-0.4, -0.2) is 27.9 Å². The van der Waals surface area contributed by atoms with Gasteiger partial charge in [0.25, 0.3) is 0 Å². The van der Waals surface area contributed by atoms with Gasteiger partial charge in [0, 0.05) is 12.7 Å². The van der Waals surface area contributed by atoms with Crippen LogP contribution in [0, 0.1) is 11.3 Å². The number of hydrogen-bond donors (Lipinski definition) is 1. The quantitative estimate of drug-likeness (QED) is 0.856. The van der Waals surface area contributed by atoms with Gasteiger partial charge in [-0.1, -0.05) is 13.0 Å². The minimum absolute atomic E-state index is 0.00454. The first-order chi connectivity index (χ1) is 9.54. The van der Waals surface area contributed by atoms with Crippen LogP contribution in [0.2, 0.25) is 0 Å². The van der Waals surface area contributed by atoms with Gasteiger partial charge in [0.2, 0.25) is 0 Å². The molecule has 5 heteroatoms. The minimum Gasteiger partial charge on any atom is -0.465 e. The molecule has 108 valence electrons. The fourth-order valence-electron chi connectivity index (χ4n) is 2.80. The summed E-state index contributed by atoms with van der Waals surface area (Å²) in [4.78, 5) is 12.8. The van der Waals surface area contributed by atoms with Crippen molar-refractivity contribution >= 4 is 11.9 Å². The van der Waals surface area contributed by atoms with Crippen molar-refractivity contribution in [2.75, 3.05) is 11.4 Å². The number of hydrogen-bond acceptors (Lipinski definition) is 3. The number of rotatable bonds is 4. The summed E-state index contributed by atoms with van der Waals surface area (Å²) >= 11 is 0. The smallest absolute Gasteiger partial charge is 0.413 e. The van der Waals surface area contributed by atoms with Gasteiger partial charge in [-0.2, -0.15) is 5.10 Å². The summed E-state index contributed by atoms with van der Waals surface area (Å²) < 4.78 is 0. The molecule has 2 rings (SSSR count). The van der Waals surface area contributed by atoms with E-state index in [2.05, 4.69) is 23.7 Å². The minimum atomic E-state index is -0.974. The molecule has 0 atom stereocenters. The van der Waals surface area contributed by atoms with E-state index in [9.17, 15) is 9.90 Å². The lowest BCUT2D eigenvalue weighted by molar-refractivity contribution is 0.174. The van der Waals surface area contributed by atoms with E-state index in [1.165, 1.54) is 4.90 Å². The Labute approximate surface area is 119 Å². The van der Waals surface area contributed by atoms with Crippen LogP contribution in [0.1, 0.15) is 32.6 Å². The van der Waals surface area contributed by atoms with E-state index in [1.807, 2.05) is 6.08 Å². The van der Waals surface area contributed by atoms with E-state index < -0.39 is 6.09 Å². The molecule has 1 aromatic rings. The molecule has 1 saturated carbocycles. The summed E-state index contributed by atoms with van der Waals surface area (Å²) in [5.41, 5.74) is -0.00454. The summed E-state index contributed by atoms with van der Waals surface area (Å²) in [5.74, 6) is 0.963. The van der Waals surface area contributed by atoms with Crippen molar-refractivity contribution in [3.05, 3.63) is 31.0 Å². The van der Waals surface area contributed by atoms with Gasteiger partial charge in [-0.15, -0.1) is 11.7 Å². The topological polar surface area (TPSA) is 66.3 Å². The first-order valence-electron chi connectivity index (χ1n) is 6.95. The van der Waals surface area contributed by atoms with E-state index in [-0.39, 0.29) is 5.41 Å². The lowest BCUT2D eigenvalue weighted by Gasteiger charge is -2.39. The van der Waals surface area contributed by atoms with E-state index in [1.54, 1.807) is 18.3 Å². The summed E-state index contributed by atoms with van der Waals surface area (Å²) in [6.07, 6.45) is 6.75. The Morgan fingerprint density at radius 2 is 2.30 bits per heavy atom. The summed E-state index contributed by atoms with van der Waals surface area (Å²) in [7, 11) is 0. The maximum absolute atomic E-state index is 11.5. The highest BCUT2D eigenvalue weighted by Crippen LogP contribution is 2.40. The molecule has 1 amide bonds. The second-order valence-corrected chi connectivity index (χ2v) is 5.83. The average molecular weight is 275 g/mol.